The number of carbonyl (C=O) groups is 1. The minimum absolute atomic E-state index is 0.0374. The van der Waals surface area contributed by atoms with E-state index in [1.165, 1.54) is 18.4 Å². The van der Waals surface area contributed by atoms with Crippen LogP contribution in [0, 0.1) is 5.92 Å². The first-order valence-electron chi connectivity index (χ1n) is 17.9. The SMILES string of the molecule is CCCN=C(Nc1ccc2[nH]c3c(c2c1)C[C@@]1(O)[C@H]2Cc4ccc(O)c5c4[C@@]1(CCN2CC1CC1)[C@H]3O5)N(CCC)C(=O)OC(C)(C)C. The summed E-state index contributed by atoms with van der Waals surface area (Å²) in [6.45, 7) is 12.7. The molecule has 3 heterocycles. The number of nitrogens with one attached hydrogen (secondary N) is 2. The minimum Gasteiger partial charge on any atom is -0.504 e. The van der Waals surface area contributed by atoms with E-state index in [-0.39, 0.29) is 11.8 Å². The summed E-state index contributed by atoms with van der Waals surface area (Å²) in [5.41, 5.74) is 3.65. The number of likely N-dealkylation sites (tertiary alicyclic amines) is 1. The molecule has 10 nitrogen and oxygen atoms in total. The highest BCUT2D eigenvalue weighted by molar-refractivity contribution is 6.03. The third-order valence-corrected chi connectivity index (χ3v) is 11.2. The van der Waals surface area contributed by atoms with Crippen molar-refractivity contribution in [3.63, 3.8) is 0 Å². The molecule has 0 radical (unpaired) electrons. The van der Waals surface area contributed by atoms with E-state index in [0.29, 0.717) is 37.1 Å². The Kier molecular flexibility index (Phi) is 7.31. The van der Waals surface area contributed by atoms with Crippen molar-refractivity contribution in [1.29, 1.82) is 0 Å². The Morgan fingerprint density at radius 2 is 2.02 bits per heavy atom. The molecule has 2 aliphatic heterocycles. The molecule has 10 heteroatoms. The van der Waals surface area contributed by atoms with E-state index in [9.17, 15) is 15.0 Å². The molecule has 1 spiro atoms. The number of aromatic hydroxyl groups is 1. The van der Waals surface area contributed by atoms with E-state index in [0.717, 1.165) is 72.2 Å². The molecular formula is C38H49N5O5. The summed E-state index contributed by atoms with van der Waals surface area (Å²) in [5.74, 6) is 1.86. The van der Waals surface area contributed by atoms with Gasteiger partial charge in [0.05, 0.1) is 16.7 Å². The number of amides is 1. The van der Waals surface area contributed by atoms with Gasteiger partial charge in [-0.3, -0.25) is 9.89 Å². The molecule has 4 N–H and O–H groups in total. The number of hydrogen-bond acceptors (Lipinski definition) is 7. The van der Waals surface area contributed by atoms with E-state index in [1.54, 1.807) is 11.0 Å². The van der Waals surface area contributed by atoms with Gasteiger partial charge in [0.2, 0.25) is 5.96 Å². The lowest BCUT2D eigenvalue weighted by atomic mass is 9.49. The topological polar surface area (TPSA) is 123 Å². The van der Waals surface area contributed by atoms with Crippen LogP contribution < -0.4 is 10.1 Å². The largest absolute Gasteiger partial charge is 0.504 e. The molecule has 8 rings (SSSR count). The summed E-state index contributed by atoms with van der Waals surface area (Å²) in [5, 5.41) is 28.7. The Morgan fingerprint density at radius 3 is 2.75 bits per heavy atom. The summed E-state index contributed by atoms with van der Waals surface area (Å²) in [7, 11) is 0. The van der Waals surface area contributed by atoms with E-state index in [4.69, 9.17) is 14.5 Å². The summed E-state index contributed by atoms with van der Waals surface area (Å²) in [6.07, 6.45) is 5.26. The van der Waals surface area contributed by atoms with Crippen LogP contribution in [0.5, 0.6) is 11.5 Å². The molecule has 4 atom stereocenters. The Labute approximate surface area is 282 Å². The number of aliphatic imine (C=N–C) groups is 1. The average molecular weight is 656 g/mol. The normalized spacial score (nSPS) is 27.3. The highest BCUT2D eigenvalue weighted by atomic mass is 16.6. The van der Waals surface area contributed by atoms with Crippen LogP contribution in [-0.4, -0.2) is 80.5 Å². The average Bonchev–Trinajstić information content (AvgIpc) is 3.68. The van der Waals surface area contributed by atoms with Gasteiger partial charge in [-0.05, 0) is 107 Å². The number of rotatable bonds is 7. The number of hydrogen-bond donors (Lipinski definition) is 4. The van der Waals surface area contributed by atoms with Crippen molar-refractivity contribution in [2.75, 3.05) is 31.5 Å². The number of phenolic OH excluding ortho intramolecular Hbond substituents is 1. The van der Waals surface area contributed by atoms with Crippen molar-refractivity contribution in [2.45, 2.75) is 108 Å². The molecule has 1 aromatic heterocycles. The molecular weight excluding hydrogens is 606 g/mol. The number of aliphatic hydroxyl groups is 1. The quantitative estimate of drug-likeness (QED) is 0.172. The van der Waals surface area contributed by atoms with Crippen molar-refractivity contribution in [3.8, 4) is 11.5 Å². The maximum atomic E-state index is 13.3. The first-order chi connectivity index (χ1) is 23.0. The lowest BCUT2D eigenvalue weighted by Crippen LogP contribution is -2.74. The molecule has 48 heavy (non-hydrogen) atoms. The number of ether oxygens (including phenoxy) is 2. The van der Waals surface area contributed by atoms with Gasteiger partial charge in [0.1, 0.15) is 5.60 Å². The standard InChI is InChI=1S/C38H49N5O5/c1-6-15-39-34(43(16-7-2)35(45)48-36(3,4)5)40-24-11-12-27-25(19-24)26-20-38(46)29-18-23-10-13-28(44)32-30(23)37(38,33(47-32)31(26)41-27)14-17-42(29)21-22-8-9-22/h10-13,19,22,29,33,41,44,46H,6-9,14-18,20-21H2,1-5H3,(H,39,40)/t29-,33+,37+,38-/m1/s1. The molecule has 5 aliphatic rings. The van der Waals surface area contributed by atoms with Crippen molar-refractivity contribution in [2.24, 2.45) is 10.9 Å². The summed E-state index contributed by atoms with van der Waals surface area (Å²) < 4.78 is 12.5. The molecule has 1 saturated carbocycles. The van der Waals surface area contributed by atoms with Crippen LogP contribution in [0.4, 0.5) is 10.5 Å². The molecule has 3 aromatic rings. The lowest BCUT2D eigenvalue weighted by molar-refractivity contribution is -0.173. The van der Waals surface area contributed by atoms with E-state index in [2.05, 4.69) is 28.2 Å². The number of piperidine rings is 1. The zero-order chi connectivity index (χ0) is 33.6. The molecule has 3 aliphatic carbocycles. The summed E-state index contributed by atoms with van der Waals surface area (Å²) >= 11 is 0. The molecule has 0 unspecified atom stereocenters. The number of fused-ring (bicyclic) bond motifs is 4. The van der Waals surface area contributed by atoms with Crippen LogP contribution in [0.2, 0.25) is 0 Å². The monoisotopic (exact) mass is 655 g/mol. The fraction of sp³-hybridized carbons (Fsp3) is 0.579. The number of nitrogens with zero attached hydrogens (tertiary/aromatic N) is 3. The molecule has 2 aromatic carbocycles. The second-order valence-corrected chi connectivity index (χ2v) is 15.7. The predicted octanol–water partition coefficient (Wildman–Crippen LogP) is 6.40. The summed E-state index contributed by atoms with van der Waals surface area (Å²) in [6, 6.07) is 9.91. The smallest absolute Gasteiger partial charge is 0.417 e. The van der Waals surface area contributed by atoms with Gasteiger partial charge in [0.15, 0.2) is 17.6 Å². The second-order valence-electron chi connectivity index (χ2n) is 15.7. The Morgan fingerprint density at radius 1 is 1.21 bits per heavy atom. The molecule has 2 fully saturated rings. The molecule has 1 saturated heterocycles. The number of aromatic amines is 1. The highest BCUT2D eigenvalue weighted by Gasteiger charge is 2.72. The zero-order valence-corrected chi connectivity index (χ0v) is 28.9. The fourth-order valence-corrected chi connectivity index (χ4v) is 9.06. The summed E-state index contributed by atoms with van der Waals surface area (Å²) in [4.78, 5) is 26.0. The van der Waals surface area contributed by atoms with Crippen molar-refractivity contribution < 1.29 is 24.5 Å². The first kappa shape index (κ1) is 31.5. The number of aromatic nitrogens is 1. The number of benzene rings is 2. The fourth-order valence-electron chi connectivity index (χ4n) is 9.06. The Hall–Kier alpha value is -3.76. The number of guanidine groups is 1. The van der Waals surface area contributed by atoms with Crippen LogP contribution >= 0.6 is 0 Å². The van der Waals surface area contributed by atoms with Gasteiger partial charge in [-0.1, -0.05) is 19.9 Å². The minimum atomic E-state index is -1.06. The number of anilines is 1. The molecule has 256 valence electrons. The van der Waals surface area contributed by atoms with Crippen molar-refractivity contribution >= 4 is 28.6 Å². The first-order valence-corrected chi connectivity index (χ1v) is 17.9. The van der Waals surface area contributed by atoms with E-state index >= 15 is 0 Å². The van der Waals surface area contributed by atoms with Gasteiger partial charge in [-0.25, -0.2) is 9.69 Å². The van der Waals surface area contributed by atoms with Gasteiger partial charge in [-0.15, -0.1) is 0 Å². The van der Waals surface area contributed by atoms with Gasteiger partial charge >= 0.3 is 6.09 Å². The zero-order valence-electron chi connectivity index (χ0n) is 28.9. The van der Waals surface area contributed by atoms with Gasteiger partial charge in [0, 0.05) is 54.3 Å². The highest BCUT2D eigenvalue weighted by Crippen LogP contribution is 2.69. The number of phenols is 1. The van der Waals surface area contributed by atoms with E-state index in [1.807, 2.05) is 45.9 Å². The van der Waals surface area contributed by atoms with Crippen LogP contribution in [0.25, 0.3) is 10.9 Å². The van der Waals surface area contributed by atoms with E-state index < -0.39 is 28.8 Å². The second kappa shape index (κ2) is 11.1. The maximum absolute atomic E-state index is 13.3. The van der Waals surface area contributed by atoms with Crippen molar-refractivity contribution in [1.82, 2.24) is 14.8 Å². The molecule has 1 amide bonds. The number of H-pyrrole nitrogens is 1. The van der Waals surface area contributed by atoms with Crippen molar-refractivity contribution in [3.05, 3.63) is 52.7 Å². The molecule has 2 bridgehead atoms. The third-order valence-electron chi connectivity index (χ3n) is 11.2. The van der Waals surface area contributed by atoms with Crippen LogP contribution in [0.3, 0.4) is 0 Å². The van der Waals surface area contributed by atoms with Crippen LogP contribution in [-0.2, 0) is 23.0 Å². The maximum Gasteiger partial charge on any atom is 0.417 e. The van der Waals surface area contributed by atoms with Crippen LogP contribution in [0.1, 0.15) is 95.2 Å². The third kappa shape index (κ3) is 4.73. The number of carbonyl (C=O) groups excluding carboxylic acids is 1. The van der Waals surface area contributed by atoms with Gasteiger partial charge < -0.3 is 30.0 Å². The Bertz CT molecular complexity index is 1810. The van der Waals surface area contributed by atoms with Gasteiger partial charge in [-0.2, -0.15) is 0 Å². The predicted molar refractivity (Wildman–Crippen MR) is 186 cm³/mol. The Balaban J connectivity index is 1.20. The lowest BCUT2D eigenvalue weighted by Gasteiger charge is -2.62. The van der Waals surface area contributed by atoms with Gasteiger partial charge in [0.25, 0.3) is 0 Å². The van der Waals surface area contributed by atoms with Crippen LogP contribution in [0.15, 0.2) is 35.3 Å².